The predicted octanol–water partition coefficient (Wildman–Crippen LogP) is 6.39. The first-order chi connectivity index (χ1) is 29.0. The first kappa shape index (κ1) is 39.5. The lowest BCUT2D eigenvalue weighted by atomic mass is 10.0. The average molecular weight is 809 g/mol. The summed E-state index contributed by atoms with van der Waals surface area (Å²) in [6.45, 7) is 1.19. The highest BCUT2D eigenvalue weighted by atomic mass is 16.4. The molecule has 16 nitrogen and oxygen atoms in total. The third-order valence-corrected chi connectivity index (χ3v) is 11.1. The normalized spacial score (nSPS) is 18.0. The topological polar surface area (TPSA) is 203 Å². The highest BCUT2D eigenvalue weighted by Gasteiger charge is 2.42. The van der Waals surface area contributed by atoms with Crippen molar-refractivity contribution in [2.24, 2.45) is 0 Å². The summed E-state index contributed by atoms with van der Waals surface area (Å²) in [7, 11) is 3.61. The molecule has 60 heavy (non-hydrogen) atoms. The van der Waals surface area contributed by atoms with Gasteiger partial charge in [-0.15, -0.1) is 0 Å². The number of rotatable bonds is 11. The van der Waals surface area contributed by atoms with E-state index in [2.05, 4.69) is 30.6 Å². The first-order valence-electron chi connectivity index (χ1n) is 19.5. The second-order valence-corrected chi connectivity index (χ2v) is 14.8. The van der Waals surface area contributed by atoms with Crippen LogP contribution >= 0.6 is 0 Å². The fraction of sp³-hybridized carbons (Fsp3) is 0.227. The van der Waals surface area contributed by atoms with Crippen LogP contribution in [0, 0.1) is 0 Å². The minimum absolute atomic E-state index is 0.389. The van der Waals surface area contributed by atoms with E-state index in [0.29, 0.717) is 48.7 Å². The Kier molecular flexibility index (Phi) is 11.1. The number of carboxylic acid groups (broad SMARTS) is 2. The molecule has 4 heterocycles. The van der Waals surface area contributed by atoms with E-state index in [4.69, 9.17) is 0 Å². The minimum atomic E-state index is -1.29. The van der Waals surface area contributed by atoms with Gasteiger partial charge in [-0.1, -0.05) is 109 Å². The Labute approximate surface area is 345 Å². The fourth-order valence-electron chi connectivity index (χ4n) is 8.07. The van der Waals surface area contributed by atoms with Crippen molar-refractivity contribution in [1.29, 1.82) is 0 Å². The van der Waals surface area contributed by atoms with Gasteiger partial charge in [-0.05, 0) is 46.2 Å². The molecule has 2 fully saturated rings. The van der Waals surface area contributed by atoms with Crippen molar-refractivity contribution in [1.82, 2.24) is 50.6 Å². The molecule has 2 aromatic heterocycles. The predicted molar refractivity (Wildman–Crippen MR) is 221 cm³/mol. The molecule has 6 N–H and O–H groups in total. The maximum absolute atomic E-state index is 13.9. The number of carbonyl (C=O) groups is 4. The van der Waals surface area contributed by atoms with Crippen LogP contribution in [0.4, 0.5) is 9.59 Å². The Balaban J connectivity index is 0.946. The number of amides is 4. The summed E-state index contributed by atoms with van der Waals surface area (Å²) >= 11 is 0. The third-order valence-electron chi connectivity index (χ3n) is 11.1. The number of hydrogen-bond donors (Lipinski definition) is 6. The average Bonchev–Trinajstić information content (AvgIpc) is 4.09. The molecule has 0 radical (unpaired) electrons. The molecule has 306 valence electrons. The first-order valence-corrected chi connectivity index (χ1v) is 19.5. The van der Waals surface area contributed by atoms with Crippen molar-refractivity contribution >= 4 is 24.0 Å². The van der Waals surface area contributed by atoms with Gasteiger partial charge in [-0.3, -0.25) is 19.6 Å². The lowest BCUT2D eigenvalue weighted by molar-refractivity contribution is -0.149. The van der Waals surface area contributed by atoms with Crippen molar-refractivity contribution in [2.75, 3.05) is 27.2 Å². The molecule has 8 rings (SSSR count). The maximum atomic E-state index is 13.9. The van der Waals surface area contributed by atoms with Crippen molar-refractivity contribution in [3.8, 4) is 33.6 Å². The quantitative estimate of drug-likeness (QED) is 0.0851. The molecule has 2 aliphatic rings. The number of carbonyl (C=O) groups excluding carboxylic acids is 2. The van der Waals surface area contributed by atoms with Crippen molar-refractivity contribution in [3.05, 3.63) is 144 Å². The summed E-state index contributed by atoms with van der Waals surface area (Å²) in [5.74, 6) is 0.439. The summed E-state index contributed by atoms with van der Waals surface area (Å²) < 4.78 is 0. The number of imidazole rings is 2. The molecule has 4 atom stereocenters. The molecular weight excluding hydrogens is 765 g/mol. The standard InChI is InChI=1S/C44H44N10O6/c1-51-23-21-35(53(51)41(55)37(49-43(57)58)31-9-5-3-6-10-31)39-45-25-33(47-39)29-17-13-27(14-18-29)28-15-19-30(20-16-28)34-26-46-40(48-34)36-22-24-52(2)54(36)42(56)38(50-44(59)60)32-11-7-4-8-12-32/h3-20,25-26,35-38,49-50H,21-24H2,1-2H3,(H,45,47)(H,46,48)(H,57,58)(H,59,60)/t35-,36-,37+,38+/m0/s1. The van der Waals surface area contributed by atoms with Gasteiger partial charge in [-0.2, -0.15) is 0 Å². The summed E-state index contributed by atoms with van der Waals surface area (Å²) in [6.07, 6.45) is 2.16. The van der Waals surface area contributed by atoms with Gasteiger partial charge in [0.05, 0.1) is 23.8 Å². The number of nitrogens with zero attached hydrogens (tertiary/aromatic N) is 6. The molecule has 4 aromatic carbocycles. The third kappa shape index (κ3) is 8.05. The molecule has 2 aliphatic heterocycles. The van der Waals surface area contributed by atoms with Crippen LogP contribution in [0.25, 0.3) is 33.6 Å². The van der Waals surface area contributed by atoms with Gasteiger partial charge in [0.2, 0.25) is 0 Å². The fourth-order valence-corrected chi connectivity index (χ4v) is 8.07. The van der Waals surface area contributed by atoms with Crippen molar-refractivity contribution in [3.63, 3.8) is 0 Å². The number of hydrazine groups is 2. The van der Waals surface area contributed by atoms with Crippen LogP contribution in [0.15, 0.2) is 122 Å². The molecular formula is C44H44N10O6. The van der Waals surface area contributed by atoms with Crippen LogP contribution in [-0.4, -0.2) is 101 Å². The second kappa shape index (κ2) is 16.9. The van der Waals surface area contributed by atoms with E-state index in [9.17, 15) is 29.4 Å². The number of H-pyrrole nitrogens is 2. The zero-order valence-electron chi connectivity index (χ0n) is 32.9. The van der Waals surface area contributed by atoms with E-state index in [1.165, 1.54) is 0 Å². The Morgan fingerprint density at radius 1 is 0.567 bits per heavy atom. The number of nitrogens with one attached hydrogen (secondary N) is 4. The number of hydrogen-bond acceptors (Lipinski definition) is 8. The Hall–Kier alpha value is -7.30. The van der Waals surface area contributed by atoms with Gasteiger partial charge >= 0.3 is 12.2 Å². The number of aromatic nitrogens is 4. The molecule has 0 unspecified atom stereocenters. The van der Waals surface area contributed by atoms with Crippen LogP contribution < -0.4 is 10.6 Å². The monoisotopic (exact) mass is 808 g/mol. The molecule has 0 saturated carbocycles. The van der Waals surface area contributed by atoms with Crippen molar-refractivity contribution in [2.45, 2.75) is 37.0 Å². The lowest BCUT2D eigenvalue weighted by Gasteiger charge is -2.32. The Morgan fingerprint density at radius 3 is 1.27 bits per heavy atom. The molecule has 2 saturated heterocycles. The highest BCUT2D eigenvalue weighted by molar-refractivity contribution is 5.87. The van der Waals surface area contributed by atoms with Crippen LogP contribution in [0.3, 0.4) is 0 Å². The van der Waals surface area contributed by atoms with Gasteiger partial charge in [0.15, 0.2) is 0 Å². The SMILES string of the molecule is CN1CC[C@@H](c2ncc(-c3ccc(-c4ccc(-c5cnc([C@@H]6CCN(C)N6C(=O)[C@H](NC(=O)O)c6ccccc6)[nH]5)cc4)cc3)[nH]2)N1C(=O)[C@H](NC(=O)O)c1ccccc1. The Morgan fingerprint density at radius 2 is 0.917 bits per heavy atom. The largest absolute Gasteiger partial charge is 0.465 e. The van der Waals surface area contributed by atoms with Gasteiger partial charge in [0.25, 0.3) is 11.8 Å². The molecule has 0 aliphatic carbocycles. The zero-order valence-corrected chi connectivity index (χ0v) is 32.9. The van der Waals surface area contributed by atoms with Crippen molar-refractivity contribution < 1.29 is 29.4 Å². The highest BCUT2D eigenvalue weighted by Crippen LogP contribution is 2.36. The summed E-state index contributed by atoms with van der Waals surface area (Å²) in [5.41, 5.74) is 6.52. The summed E-state index contributed by atoms with van der Waals surface area (Å²) in [4.78, 5) is 67.3. The zero-order chi connectivity index (χ0) is 41.9. The molecule has 0 bridgehead atoms. The van der Waals surface area contributed by atoms with Gasteiger partial charge < -0.3 is 30.8 Å². The van der Waals surface area contributed by atoms with E-state index in [-0.39, 0.29) is 11.8 Å². The van der Waals surface area contributed by atoms with E-state index in [1.54, 1.807) is 81.0 Å². The van der Waals surface area contributed by atoms with Crippen LogP contribution in [-0.2, 0) is 9.59 Å². The van der Waals surface area contributed by atoms with E-state index < -0.39 is 36.4 Å². The lowest BCUT2D eigenvalue weighted by Crippen LogP contribution is -2.47. The van der Waals surface area contributed by atoms with Crippen LogP contribution in [0.5, 0.6) is 0 Å². The summed E-state index contributed by atoms with van der Waals surface area (Å²) in [5, 5.41) is 30.6. The molecule has 6 aromatic rings. The van der Waals surface area contributed by atoms with Crippen LogP contribution in [0.1, 0.15) is 59.8 Å². The molecule has 0 spiro atoms. The van der Waals surface area contributed by atoms with Crippen LogP contribution in [0.2, 0.25) is 0 Å². The molecule has 16 heteroatoms. The van der Waals surface area contributed by atoms with E-state index >= 15 is 0 Å². The van der Waals surface area contributed by atoms with Gasteiger partial charge in [0.1, 0.15) is 35.8 Å². The van der Waals surface area contributed by atoms with E-state index in [0.717, 1.165) is 33.6 Å². The van der Waals surface area contributed by atoms with Gasteiger partial charge in [-0.25, -0.2) is 29.6 Å². The molecule has 4 amide bonds. The number of aromatic amines is 2. The smallest absolute Gasteiger partial charge is 0.405 e. The number of benzene rings is 4. The Bertz CT molecular complexity index is 2300. The van der Waals surface area contributed by atoms with Gasteiger partial charge in [0, 0.05) is 27.2 Å². The van der Waals surface area contributed by atoms with E-state index in [1.807, 2.05) is 74.8 Å². The minimum Gasteiger partial charge on any atom is -0.465 e. The maximum Gasteiger partial charge on any atom is 0.405 e. The second-order valence-electron chi connectivity index (χ2n) is 14.8. The summed E-state index contributed by atoms with van der Waals surface area (Å²) in [6, 6.07) is 30.8.